The Hall–Kier alpha value is -1.09. The lowest BCUT2D eigenvalue weighted by Gasteiger charge is -2.25. The van der Waals surface area contributed by atoms with Gasteiger partial charge in [0.05, 0.1) is 7.11 Å². The number of nitrogens with one attached hydrogen (secondary N) is 1. The summed E-state index contributed by atoms with van der Waals surface area (Å²) in [6.45, 7) is 5.40. The van der Waals surface area contributed by atoms with Gasteiger partial charge in [0.25, 0.3) is 0 Å². The first-order chi connectivity index (χ1) is 8.50. The van der Waals surface area contributed by atoms with Crippen LogP contribution < -0.4 is 10.1 Å². The predicted molar refractivity (Wildman–Crippen MR) is 71.5 cm³/mol. The molecule has 0 unspecified atom stereocenters. The van der Waals surface area contributed by atoms with Crippen molar-refractivity contribution >= 4 is 0 Å². The Morgan fingerprint density at radius 1 is 1.39 bits per heavy atom. The summed E-state index contributed by atoms with van der Waals surface area (Å²) in [5, 5.41) is 3.54. The lowest BCUT2D eigenvalue weighted by molar-refractivity contribution is 0.335. The topological polar surface area (TPSA) is 21.3 Å². The van der Waals surface area contributed by atoms with Crippen LogP contribution >= 0.6 is 0 Å². The largest absolute Gasteiger partial charge is 0.494 e. The minimum atomic E-state index is -0.277. The molecule has 0 heterocycles. The van der Waals surface area contributed by atoms with E-state index in [4.69, 9.17) is 4.74 Å². The third kappa shape index (κ3) is 3.70. The minimum absolute atomic E-state index is 0.142. The highest BCUT2D eigenvalue weighted by Crippen LogP contribution is 2.26. The summed E-state index contributed by atoms with van der Waals surface area (Å²) < 4.78 is 18.5. The van der Waals surface area contributed by atoms with E-state index in [2.05, 4.69) is 19.2 Å². The normalized spacial score (nSPS) is 15.8. The van der Waals surface area contributed by atoms with Crippen LogP contribution in [0.1, 0.15) is 32.3 Å². The highest BCUT2D eigenvalue weighted by molar-refractivity contribution is 5.29. The lowest BCUT2D eigenvalue weighted by Crippen LogP contribution is -2.32. The highest BCUT2D eigenvalue weighted by Gasteiger charge is 2.25. The molecule has 0 aromatic heterocycles. The Labute approximate surface area is 109 Å². The second-order valence-electron chi connectivity index (χ2n) is 5.97. The molecule has 3 heteroatoms. The third-order valence-electron chi connectivity index (χ3n) is 3.35. The van der Waals surface area contributed by atoms with Crippen molar-refractivity contribution in [2.24, 2.45) is 5.41 Å². The van der Waals surface area contributed by atoms with Gasteiger partial charge in [-0.25, -0.2) is 4.39 Å². The summed E-state index contributed by atoms with van der Waals surface area (Å²) >= 11 is 0. The summed E-state index contributed by atoms with van der Waals surface area (Å²) in [5.41, 5.74) is 1.17. The summed E-state index contributed by atoms with van der Waals surface area (Å²) in [6.07, 6.45) is 3.47. The fourth-order valence-electron chi connectivity index (χ4n) is 2.14. The first-order valence-electron chi connectivity index (χ1n) is 6.56. The number of hydrogen-bond acceptors (Lipinski definition) is 2. The van der Waals surface area contributed by atoms with Gasteiger partial charge >= 0.3 is 0 Å². The van der Waals surface area contributed by atoms with E-state index in [1.54, 1.807) is 12.1 Å². The van der Waals surface area contributed by atoms with Gasteiger partial charge in [-0.05, 0) is 42.4 Å². The van der Waals surface area contributed by atoms with Crippen LogP contribution in [-0.2, 0) is 6.42 Å². The zero-order valence-electron chi connectivity index (χ0n) is 11.4. The van der Waals surface area contributed by atoms with Gasteiger partial charge in [0.15, 0.2) is 11.6 Å². The van der Waals surface area contributed by atoms with Crippen molar-refractivity contribution in [3.8, 4) is 5.75 Å². The van der Waals surface area contributed by atoms with Crippen LogP contribution in [0.15, 0.2) is 18.2 Å². The van der Waals surface area contributed by atoms with Crippen LogP contribution in [-0.4, -0.2) is 19.7 Å². The van der Waals surface area contributed by atoms with Crippen LogP contribution in [0.4, 0.5) is 4.39 Å². The van der Waals surface area contributed by atoms with E-state index in [9.17, 15) is 4.39 Å². The molecule has 0 aliphatic heterocycles. The molecule has 0 radical (unpaired) electrons. The maximum Gasteiger partial charge on any atom is 0.165 e. The Morgan fingerprint density at radius 2 is 2.11 bits per heavy atom. The van der Waals surface area contributed by atoms with Crippen molar-refractivity contribution in [3.05, 3.63) is 29.6 Å². The fourth-order valence-corrected chi connectivity index (χ4v) is 2.14. The van der Waals surface area contributed by atoms with E-state index in [-0.39, 0.29) is 11.2 Å². The molecule has 18 heavy (non-hydrogen) atoms. The van der Waals surface area contributed by atoms with Gasteiger partial charge in [0, 0.05) is 12.6 Å². The van der Waals surface area contributed by atoms with Crippen LogP contribution in [0.25, 0.3) is 0 Å². The van der Waals surface area contributed by atoms with Gasteiger partial charge in [-0.1, -0.05) is 19.9 Å². The van der Waals surface area contributed by atoms with Gasteiger partial charge < -0.3 is 10.1 Å². The number of hydrogen-bond donors (Lipinski definition) is 1. The molecule has 1 aliphatic rings. The lowest BCUT2D eigenvalue weighted by atomic mass is 9.85. The van der Waals surface area contributed by atoms with Crippen LogP contribution in [0.3, 0.4) is 0 Å². The molecule has 1 aliphatic carbocycles. The second-order valence-corrected chi connectivity index (χ2v) is 5.97. The van der Waals surface area contributed by atoms with Gasteiger partial charge in [-0.3, -0.25) is 0 Å². The molecule has 1 aromatic rings. The third-order valence-corrected chi connectivity index (χ3v) is 3.35. The number of rotatable bonds is 6. The Balaban J connectivity index is 1.95. The fraction of sp³-hybridized carbons (Fsp3) is 0.600. The van der Waals surface area contributed by atoms with E-state index < -0.39 is 0 Å². The average molecular weight is 251 g/mol. The van der Waals surface area contributed by atoms with E-state index in [1.165, 1.54) is 20.0 Å². The highest BCUT2D eigenvalue weighted by atomic mass is 19.1. The summed E-state index contributed by atoms with van der Waals surface area (Å²) in [4.78, 5) is 0. The van der Waals surface area contributed by atoms with Gasteiger partial charge in [-0.2, -0.15) is 0 Å². The van der Waals surface area contributed by atoms with Crippen molar-refractivity contribution in [2.75, 3.05) is 13.7 Å². The van der Waals surface area contributed by atoms with Crippen LogP contribution in [0.2, 0.25) is 0 Å². The molecule has 0 bridgehead atoms. The number of benzene rings is 1. The standard InChI is InChI=1S/C15H22FNO/c1-15(2,10-17-12-5-6-12)9-11-4-7-14(18-3)13(16)8-11/h4,7-8,12,17H,5-6,9-10H2,1-3H3. The molecule has 1 aromatic carbocycles. The van der Waals surface area contributed by atoms with Crippen LogP contribution in [0.5, 0.6) is 5.75 Å². The smallest absolute Gasteiger partial charge is 0.165 e. The molecule has 0 amide bonds. The van der Waals surface area contributed by atoms with Crippen LogP contribution in [0, 0.1) is 11.2 Å². The molecule has 0 atom stereocenters. The zero-order valence-corrected chi connectivity index (χ0v) is 11.4. The molecule has 1 fully saturated rings. The van der Waals surface area contributed by atoms with E-state index in [1.807, 2.05) is 6.07 Å². The first kappa shape index (κ1) is 13.3. The molecule has 1 N–H and O–H groups in total. The molecule has 0 saturated heterocycles. The zero-order chi connectivity index (χ0) is 13.2. The minimum Gasteiger partial charge on any atom is -0.494 e. The van der Waals surface area contributed by atoms with E-state index >= 15 is 0 Å². The maximum atomic E-state index is 13.6. The monoisotopic (exact) mass is 251 g/mol. The predicted octanol–water partition coefficient (Wildman–Crippen LogP) is 3.16. The number of ether oxygens (including phenoxy) is 1. The Kier molecular flexibility index (Phi) is 3.91. The SMILES string of the molecule is COc1ccc(CC(C)(C)CNC2CC2)cc1F. The van der Waals surface area contributed by atoms with Crippen molar-refractivity contribution in [1.29, 1.82) is 0 Å². The number of halogens is 1. The average Bonchev–Trinajstić information content (AvgIpc) is 3.10. The first-order valence-corrected chi connectivity index (χ1v) is 6.56. The molecule has 2 nitrogen and oxygen atoms in total. The van der Waals surface area contributed by atoms with E-state index in [0.29, 0.717) is 5.75 Å². The quantitative estimate of drug-likeness (QED) is 0.838. The molecular weight excluding hydrogens is 229 g/mol. The second kappa shape index (κ2) is 5.27. The van der Waals surface area contributed by atoms with Crippen molar-refractivity contribution in [1.82, 2.24) is 5.32 Å². The van der Waals surface area contributed by atoms with Gasteiger partial charge in [-0.15, -0.1) is 0 Å². The molecule has 1 saturated carbocycles. The Bertz CT molecular complexity index is 413. The molecule has 0 spiro atoms. The summed E-state index contributed by atoms with van der Waals surface area (Å²) in [6, 6.07) is 5.95. The summed E-state index contributed by atoms with van der Waals surface area (Å²) in [7, 11) is 1.49. The Morgan fingerprint density at radius 3 is 2.67 bits per heavy atom. The molecular formula is C15H22FNO. The van der Waals surface area contributed by atoms with Crippen molar-refractivity contribution < 1.29 is 9.13 Å². The summed E-state index contributed by atoms with van der Waals surface area (Å²) in [5.74, 6) is 0.0358. The molecule has 100 valence electrons. The van der Waals surface area contributed by atoms with Gasteiger partial charge in [0.1, 0.15) is 0 Å². The van der Waals surface area contributed by atoms with E-state index in [0.717, 1.165) is 24.6 Å². The van der Waals surface area contributed by atoms with Crippen molar-refractivity contribution in [3.63, 3.8) is 0 Å². The number of methoxy groups -OCH3 is 1. The van der Waals surface area contributed by atoms with Crippen molar-refractivity contribution in [2.45, 2.75) is 39.2 Å². The maximum absolute atomic E-state index is 13.6. The molecule has 2 rings (SSSR count). The van der Waals surface area contributed by atoms with Gasteiger partial charge in [0.2, 0.25) is 0 Å².